The van der Waals surface area contributed by atoms with Gasteiger partial charge in [0.15, 0.2) is 0 Å². The monoisotopic (exact) mass is 279 g/mol. The molecule has 1 saturated carbocycles. The molecule has 3 heteroatoms. The second-order valence-corrected chi connectivity index (χ2v) is 6.38. The first-order chi connectivity index (χ1) is 9.33. The maximum atomic E-state index is 5.21. The average Bonchev–Trinajstić information content (AvgIpc) is 2.97. The lowest BCUT2D eigenvalue weighted by Crippen LogP contribution is -2.19. The van der Waals surface area contributed by atoms with Gasteiger partial charge in [-0.1, -0.05) is 25.0 Å². The highest BCUT2D eigenvalue weighted by Crippen LogP contribution is 2.29. The summed E-state index contributed by atoms with van der Waals surface area (Å²) >= 11 is 2.09. The Morgan fingerprint density at radius 3 is 2.53 bits per heavy atom. The van der Waals surface area contributed by atoms with Crippen LogP contribution >= 0.6 is 11.8 Å². The summed E-state index contributed by atoms with van der Waals surface area (Å²) in [5.74, 6) is 4.38. The number of hydrogen-bond acceptors (Lipinski definition) is 3. The summed E-state index contributed by atoms with van der Waals surface area (Å²) in [6.45, 7) is 0. The van der Waals surface area contributed by atoms with E-state index in [1.807, 2.05) is 19.2 Å². The molecule has 1 unspecified atom stereocenters. The van der Waals surface area contributed by atoms with Gasteiger partial charge in [-0.2, -0.15) is 11.8 Å². The van der Waals surface area contributed by atoms with Crippen molar-refractivity contribution in [2.24, 2.45) is 5.92 Å². The predicted octanol–water partition coefficient (Wildman–Crippen LogP) is 3.88. The van der Waals surface area contributed by atoms with E-state index in [4.69, 9.17) is 4.74 Å². The molecule has 0 heterocycles. The molecule has 0 aliphatic heterocycles. The van der Waals surface area contributed by atoms with Crippen LogP contribution in [0.2, 0.25) is 0 Å². The molecular formula is C16H25NOS. The molecule has 1 aliphatic rings. The van der Waals surface area contributed by atoms with Crippen LogP contribution in [-0.2, 0) is 0 Å². The van der Waals surface area contributed by atoms with Crippen molar-refractivity contribution < 1.29 is 4.74 Å². The SMILES string of the molecule is CNC(CSCC1CCCC1)c1ccc(OC)cc1. The van der Waals surface area contributed by atoms with Crippen molar-refractivity contribution in [3.05, 3.63) is 29.8 Å². The summed E-state index contributed by atoms with van der Waals surface area (Å²) in [4.78, 5) is 0. The molecule has 19 heavy (non-hydrogen) atoms. The molecular weight excluding hydrogens is 254 g/mol. The molecule has 0 bridgehead atoms. The van der Waals surface area contributed by atoms with Crippen LogP contribution in [0.4, 0.5) is 0 Å². The lowest BCUT2D eigenvalue weighted by Gasteiger charge is -2.18. The van der Waals surface area contributed by atoms with Gasteiger partial charge in [-0.3, -0.25) is 0 Å². The Labute approximate surface area is 121 Å². The van der Waals surface area contributed by atoms with Crippen LogP contribution < -0.4 is 10.1 Å². The Bertz CT molecular complexity index is 360. The van der Waals surface area contributed by atoms with E-state index in [0.29, 0.717) is 6.04 Å². The van der Waals surface area contributed by atoms with Crippen LogP contribution in [0.15, 0.2) is 24.3 Å². The molecule has 1 aromatic rings. The molecule has 1 fully saturated rings. The summed E-state index contributed by atoms with van der Waals surface area (Å²) in [5.41, 5.74) is 1.35. The molecule has 0 radical (unpaired) electrons. The minimum Gasteiger partial charge on any atom is -0.497 e. The third-order valence-electron chi connectivity index (χ3n) is 3.98. The minimum atomic E-state index is 0.442. The normalized spacial score (nSPS) is 17.6. The molecule has 2 nitrogen and oxygen atoms in total. The van der Waals surface area contributed by atoms with E-state index in [0.717, 1.165) is 17.4 Å². The maximum Gasteiger partial charge on any atom is 0.118 e. The summed E-state index contributed by atoms with van der Waals surface area (Å²) in [6.07, 6.45) is 5.78. The zero-order valence-electron chi connectivity index (χ0n) is 12.0. The van der Waals surface area contributed by atoms with E-state index in [2.05, 4.69) is 29.2 Å². The second kappa shape index (κ2) is 7.81. The Balaban J connectivity index is 1.80. The van der Waals surface area contributed by atoms with E-state index >= 15 is 0 Å². The lowest BCUT2D eigenvalue weighted by molar-refractivity contribution is 0.414. The summed E-state index contributed by atoms with van der Waals surface area (Å²) < 4.78 is 5.21. The van der Waals surface area contributed by atoms with Gasteiger partial charge in [0.25, 0.3) is 0 Å². The van der Waals surface area contributed by atoms with Crippen LogP contribution in [0.3, 0.4) is 0 Å². The summed E-state index contributed by atoms with van der Waals surface area (Å²) in [7, 11) is 3.76. The molecule has 0 saturated heterocycles. The zero-order valence-corrected chi connectivity index (χ0v) is 12.8. The van der Waals surface area contributed by atoms with E-state index < -0.39 is 0 Å². The Morgan fingerprint density at radius 2 is 1.95 bits per heavy atom. The fourth-order valence-electron chi connectivity index (χ4n) is 2.71. The zero-order chi connectivity index (χ0) is 13.5. The Kier molecular flexibility index (Phi) is 6.05. The smallest absolute Gasteiger partial charge is 0.118 e. The minimum absolute atomic E-state index is 0.442. The quantitative estimate of drug-likeness (QED) is 0.818. The molecule has 1 aromatic carbocycles. The van der Waals surface area contributed by atoms with Crippen LogP contribution in [-0.4, -0.2) is 25.7 Å². The third kappa shape index (κ3) is 4.43. The van der Waals surface area contributed by atoms with Gasteiger partial charge in [-0.05, 0) is 49.3 Å². The van der Waals surface area contributed by atoms with E-state index in [1.165, 1.54) is 37.0 Å². The molecule has 0 aromatic heterocycles. The first-order valence-corrected chi connectivity index (χ1v) is 8.38. The molecule has 1 atom stereocenters. The predicted molar refractivity (Wildman–Crippen MR) is 84.1 cm³/mol. The summed E-state index contributed by atoms with van der Waals surface area (Å²) in [6, 6.07) is 8.85. The molecule has 2 rings (SSSR count). The van der Waals surface area contributed by atoms with Gasteiger partial charge in [-0.15, -0.1) is 0 Å². The maximum absolute atomic E-state index is 5.21. The average molecular weight is 279 g/mol. The van der Waals surface area contributed by atoms with Crippen molar-refractivity contribution in [3.63, 3.8) is 0 Å². The van der Waals surface area contributed by atoms with E-state index in [1.54, 1.807) is 7.11 Å². The first-order valence-electron chi connectivity index (χ1n) is 7.22. The van der Waals surface area contributed by atoms with Crippen LogP contribution in [0.5, 0.6) is 5.75 Å². The lowest BCUT2D eigenvalue weighted by atomic mass is 10.1. The van der Waals surface area contributed by atoms with Crippen molar-refractivity contribution in [3.8, 4) is 5.75 Å². The highest BCUT2D eigenvalue weighted by Gasteiger charge is 2.16. The molecule has 0 spiro atoms. The Hall–Kier alpha value is -0.670. The van der Waals surface area contributed by atoms with Gasteiger partial charge in [0.05, 0.1) is 7.11 Å². The molecule has 0 amide bonds. The number of rotatable bonds is 7. The fourth-order valence-corrected chi connectivity index (χ4v) is 4.11. The van der Waals surface area contributed by atoms with Gasteiger partial charge in [0.2, 0.25) is 0 Å². The van der Waals surface area contributed by atoms with E-state index in [-0.39, 0.29) is 0 Å². The standard InChI is InChI=1S/C16H25NOS/c1-17-16(12-19-11-13-5-3-4-6-13)14-7-9-15(18-2)10-8-14/h7-10,13,16-17H,3-6,11-12H2,1-2H3. The van der Waals surface area contributed by atoms with Gasteiger partial charge in [-0.25, -0.2) is 0 Å². The number of benzene rings is 1. The van der Waals surface area contributed by atoms with Crippen LogP contribution in [0, 0.1) is 5.92 Å². The number of hydrogen-bond donors (Lipinski definition) is 1. The van der Waals surface area contributed by atoms with Gasteiger partial charge in [0, 0.05) is 11.8 Å². The Morgan fingerprint density at radius 1 is 1.26 bits per heavy atom. The van der Waals surface area contributed by atoms with Crippen molar-refractivity contribution in [1.29, 1.82) is 0 Å². The van der Waals surface area contributed by atoms with Crippen LogP contribution in [0.25, 0.3) is 0 Å². The highest BCUT2D eigenvalue weighted by molar-refractivity contribution is 7.99. The second-order valence-electron chi connectivity index (χ2n) is 5.30. The van der Waals surface area contributed by atoms with Crippen molar-refractivity contribution in [2.75, 3.05) is 25.7 Å². The largest absolute Gasteiger partial charge is 0.497 e. The fraction of sp³-hybridized carbons (Fsp3) is 0.625. The molecule has 1 aliphatic carbocycles. The number of methoxy groups -OCH3 is 1. The number of nitrogens with one attached hydrogen (secondary N) is 1. The van der Waals surface area contributed by atoms with Gasteiger partial charge < -0.3 is 10.1 Å². The van der Waals surface area contributed by atoms with Crippen molar-refractivity contribution in [1.82, 2.24) is 5.32 Å². The number of ether oxygens (including phenoxy) is 1. The first kappa shape index (κ1) is 14.7. The molecule has 1 N–H and O–H groups in total. The third-order valence-corrected chi connectivity index (χ3v) is 5.26. The molecule has 106 valence electrons. The van der Waals surface area contributed by atoms with Crippen molar-refractivity contribution in [2.45, 2.75) is 31.7 Å². The van der Waals surface area contributed by atoms with E-state index in [9.17, 15) is 0 Å². The van der Waals surface area contributed by atoms with Gasteiger partial charge in [0.1, 0.15) is 5.75 Å². The van der Waals surface area contributed by atoms with Gasteiger partial charge >= 0.3 is 0 Å². The topological polar surface area (TPSA) is 21.3 Å². The number of thioether (sulfide) groups is 1. The van der Waals surface area contributed by atoms with Crippen molar-refractivity contribution >= 4 is 11.8 Å². The highest BCUT2D eigenvalue weighted by atomic mass is 32.2. The summed E-state index contributed by atoms with van der Waals surface area (Å²) in [5, 5.41) is 3.42. The van der Waals surface area contributed by atoms with Crippen LogP contribution in [0.1, 0.15) is 37.3 Å².